The molecule has 0 unspecified atom stereocenters. The van der Waals surface area contributed by atoms with Crippen molar-refractivity contribution in [2.45, 2.75) is 32.8 Å². The van der Waals surface area contributed by atoms with Crippen molar-refractivity contribution in [2.75, 3.05) is 7.11 Å². The Balaban J connectivity index is 4.01. The minimum Gasteiger partial charge on any atom is -0.378 e. The Morgan fingerprint density at radius 1 is 1.60 bits per heavy atom. The van der Waals surface area contributed by atoms with Crippen molar-refractivity contribution in [1.82, 2.24) is 5.41 Å². The van der Waals surface area contributed by atoms with Gasteiger partial charge in [-0.2, -0.15) is 0 Å². The molecule has 0 rings (SSSR count). The zero-order valence-corrected chi connectivity index (χ0v) is 7.06. The van der Waals surface area contributed by atoms with Gasteiger partial charge in [-0.3, -0.25) is 0 Å². The predicted molar refractivity (Wildman–Crippen MR) is 42.0 cm³/mol. The van der Waals surface area contributed by atoms with Crippen LogP contribution in [0.1, 0.15) is 27.2 Å². The predicted octanol–water partition coefficient (Wildman–Crippen LogP) is 1.22. The molecule has 0 aromatic rings. The fourth-order valence-corrected chi connectivity index (χ4v) is 0.750. The van der Waals surface area contributed by atoms with Gasteiger partial charge in [-0.05, 0) is 26.3 Å². The van der Waals surface area contributed by atoms with Crippen LogP contribution in [0.2, 0.25) is 0 Å². The first kappa shape index (κ1) is 9.41. The summed E-state index contributed by atoms with van der Waals surface area (Å²) in [6.07, 6.45) is 0.708. The van der Waals surface area contributed by atoms with Crippen LogP contribution in [0.15, 0.2) is 5.57 Å². The van der Waals surface area contributed by atoms with E-state index in [1.165, 1.54) is 0 Å². The van der Waals surface area contributed by atoms with Gasteiger partial charge in [0.15, 0.2) is 0 Å². The zero-order chi connectivity index (χ0) is 8.20. The van der Waals surface area contributed by atoms with Gasteiger partial charge in [0, 0.05) is 19.4 Å². The van der Waals surface area contributed by atoms with Gasteiger partial charge in [-0.15, -0.1) is 0 Å². The Kier molecular flexibility index (Phi) is 3.34. The number of hydrogen-bond donors (Lipinski definition) is 0. The van der Waals surface area contributed by atoms with Crippen LogP contribution < -0.4 is 5.41 Å². The van der Waals surface area contributed by atoms with Gasteiger partial charge in [-0.25, -0.2) is 0 Å². The summed E-state index contributed by atoms with van der Waals surface area (Å²) < 4.78 is 5.14. The Bertz CT molecular complexity index is 155. The first-order valence-electron chi connectivity index (χ1n) is 3.29. The van der Waals surface area contributed by atoms with E-state index >= 15 is 0 Å². The molecule has 0 spiro atoms. The quantitative estimate of drug-likeness (QED) is 0.542. The van der Waals surface area contributed by atoms with Crippen LogP contribution in [-0.2, 0) is 4.74 Å². The number of hydrogen-bond acceptors (Lipinski definition) is 1. The highest BCUT2D eigenvalue weighted by molar-refractivity contribution is 5.54. The molecule has 2 nitrogen and oxygen atoms in total. The van der Waals surface area contributed by atoms with Gasteiger partial charge < -0.3 is 4.74 Å². The van der Waals surface area contributed by atoms with E-state index in [0.29, 0.717) is 6.42 Å². The molecule has 0 aromatic heterocycles. The number of nitrogens with zero attached hydrogens (tertiary/aromatic N) is 1. The van der Waals surface area contributed by atoms with Gasteiger partial charge in [0.1, 0.15) is 0 Å². The zero-order valence-electron chi connectivity index (χ0n) is 7.06. The molecule has 0 atom stereocenters. The van der Waals surface area contributed by atoms with Crippen molar-refractivity contribution in [2.24, 2.45) is 0 Å². The van der Waals surface area contributed by atoms with E-state index < -0.39 is 0 Å². The largest absolute Gasteiger partial charge is 0.378 e. The summed E-state index contributed by atoms with van der Waals surface area (Å²) in [6.45, 7) is 5.75. The highest BCUT2D eigenvalue weighted by atomic mass is 16.5. The Hall–Kier alpha value is -0.590. The average molecular weight is 140 g/mol. The SMILES string of the molecule is COC(C)(C)CC(C)=C=[N]. The van der Waals surface area contributed by atoms with Crippen molar-refractivity contribution in [3.05, 3.63) is 5.57 Å². The molecular formula is C8H14NO. The van der Waals surface area contributed by atoms with Crippen molar-refractivity contribution in [1.29, 1.82) is 0 Å². The second-order valence-corrected chi connectivity index (χ2v) is 3.03. The molecule has 0 aliphatic heterocycles. The third-order valence-corrected chi connectivity index (χ3v) is 1.43. The van der Waals surface area contributed by atoms with Crippen LogP contribution in [0.25, 0.3) is 0 Å². The number of methoxy groups -OCH3 is 1. The topological polar surface area (TPSA) is 31.5 Å². The standard InChI is InChI=1S/C8H14NO/c1-7(6-9)5-8(2,3)10-4/h5H2,1-4H3. The van der Waals surface area contributed by atoms with Gasteiger partial charge >= 0.3 is 0 Å². The lowest BCUT2D eigenvalue weighted by Gasteiger charge is -2.21. The molecule has 0 aliphatic carbocycles. The summed E-state index contributed by atoms with van der Waals surface area (Å²) in [5.74, 6) is 2.09. The van der Waals surface area contributed by atoms with E-state index in [1.54, 1.807) is 7.11 Å². The molecule has 57 valence electrons. The third-order valence-electron chi connectivity index (χ3n) is 1.43. The molecule has 1 radical (unpaired) electrons. The smallest absolute Gasteiger partial charge is 0.0666 e. The molecule has 0 amide bonds. The van der Waals surface area contributed by atoms with Crippen molar-refractivity contribution in [3.63, 3.8) is 0 Å². The van der Waals surface area contributed by atoms with E-state index in [1.807, 2.05) is 20.8 Å². The Morgan fingerprint density at radius 3 is 2.40 bits per heavy atom. The Labute approximate surface area is 62.4 Å². The lowest BCUT2D eigenvalue weighted by molar-refractivity contribution is 0.0236. The molecule has 0 fully saturated rings. The maximum Gasteiger partial charge on any atom is 0.0666 e. The highest BCUT2D eigenvalue weighted by Gasteiger charge is 2.16. The molecule has 10 heavy (non-hydrogen) atoms. The fourth-order valence-electron chi connectivity index (χ4n) is 0.750. The maximum atomic E-state index is 8.45. The maximum absolute atomic E-state index is 8.45. The molecule has 0 saturated heterocycles. The van der Waals surface area contributed by atoms with Gasteiger partial charge in [0.2, 0.25) is 0 Å². The molecule has 0 aliphatic rings. The second kappa shape index (κ2) is 3.55. The van der Waals surface area contributed by atoms with Crippen LogP contribution in [0, 0.1) is 0 Å². The fraction of sp³-hybridized carbons (Fsp3) is 0.750. The monoisotopic (exact) mass is 140 g/mol. The highest BCUT2D eigenvalue weighted by Crippen LogP contribution is 2.16. The first-order valence-corrected chi connectivity index (χ1v) is 3.29. The molecular weight excluding hydrogens is 126 g/mol. The molecule has 0 bridgehead atoms. The average Bonchev–Trinajstić information content (AvgIpc) is 1.87. The molecule has 0 heterocycles. The van der Waals surface area contributed by atoms with Crippen molar-refractivity contribution in [3.8, 4) is 0 Å². The summed E-state index contributed by atoms with van der Waals surface area (Å²) in [4.78, 5) is 0. The van der Waals surface area contributed by atoms with Gasteiger partial charge in [0.25, 0.3) is 0 Å². The van der Waals surface area contributed by atoms with E-state index in [9.17, 15) is 0 Å². The molecule has 2 heteroatoms. The van der Waals surface area contributed by atoms with Crippen LogP contribution in [-0.4, -0.2) is 18.6 Å². The van der Waals surface area contributed by atoms with E-state index in [0.717, 1.165) is 5.57 Å². The van der Waals surface area contributed by atoms with Gasteiger partial charge in [-0.1, -0.05) is 5.41 Å². The van der Waals surface area contributed by atoms with E-state index in [4.69, 9.17) is 10.1 Å². The van der Waals surface area contributed by atoms with Crippen LogP contribution in [0.3, 0.4) is 0 Å². The minimum atomic E-state index is -0.195. The normalized spacial score (nSPS) is 10.8. The molecule has 0 saturated carbocycles. The summed E-state index contributed by atoms with van der Waals surface area (Å²) in [5.41, 5.74) is 0.617. The minimum absolute atomic E-state index is 0.195. The van der Waals surface area contributed by atoms with Crippen LogP contribution in [0.4, 0.5) is 0 Å². The lowest BCUT2D eigenvalue weighted by atomic mass is 10.0. The van der Waals surface area contributed by atoms with Crippen LogP contribution in [0.5, 0.6) is 0 Å². The number of ether oxygens (including phenoxy) is 1. The summed E-state index contributed by atoms with van der Waals surface area (Å²) in [6, 6.07) is 0. The van der Waals surface area contributed by atoms with Gasteiger partial charge in [0.05, 0.1) is 5.60 Å². The van der Waals surface area contributed by atoms with Crippen molar-refractivity contribution >= 4 is 5.87 Å². The van der Waals surface area contributed by atoms with E-state index in [-0.39, 0.29) is 5.60 Å². The summed E-state index contributed by atoms with van der Waals surface area (Å²) in [7, 11) is 1.66. The second-order valence-electron chi connectivity index (χ2n) is 3.03. The summed E-state index contributed by atoms with van der Waals surface area (Å²) >= 11 is 0. The lowest BCUT2D eigenvalue weighted by Crippen LogP contribution is -2.22. The summed E-state index contributed by atoms with van der Waals surface area (Å²) in [5, 5.41) is 8.45. The third kappa shape index (κ3) is 3.44. The van der Waals surface area contributed by atoms with E-state index in [2.05, 4.69) is 5.87 Å². The van der Waals surface area contributed by atoms with Crippen LogP contribution >= 0.6 is 0 Å². The number of rotatable bonds is 3. The molecule has 0 aromatic carbocycles. The molecule has 0 N–H and O–H groups in total. The van der Waals surface area contributed by atoms with Crippen molar-refractivity contribution < 1.29 is 4.74 Å². The first-order chi connectivity index (χ1) is 4.52. The Morgan fingerprint density at radius 2 is 2.10 bits per heavy atom.